The van der Waals surface area contributed by atoms with Crippen LogP contribution >= 0.6 is 22.9 Å². The van der Waals surface area contributed by atoms with Crippen LogP contribution in [0.2, 0.25) is 4.34 Å². The highest BCUT2D eigenvalue weighted by atomic mass is 35.5. The number of anilines is 1. The number of nitrogens with one attached hydrogen (secondary N) is 3. The summed E-state index contributed by atoms with van der Waals surface area (Å²) in [6.45, 7) is 1.77. The van der Waals surface area contributed by atoms with E-state index in [1.165, 1.54) is 23.5 Å². The van der Waals surface area contributed by atoms with E-state index < -0.39 is 11.6 Å². The molecule has 34 heavy (non-hydrogen) atoms. The van der Waals surface area contributed by atoms with Crippen LogP contribution in [0.5, 0.6) is 0 Å². The van der Waals surface area contributed by atoms with Gasteiger partial charge in [-0.15, -0.1) is 11.3 Å². The zero-order valence-electron chi connectivity index (χ0n) is 18.2. The molecule has 0 saturated heterocycles. The summed E-state index contributed by atoms with van der Waals surface area (Å²) in [5.41, 5.74) is 1.80. The Balaban J connectivity index is 1.35. The van der Waals surface area contributed by atoms with Crippen LogP contribution in [0.15, 0.2) is 29.8 Å². The molecule has 1 aliphatic rings. The van der Waals surface area contributed by atoms with Crippen molar-refractivity contribution in [3.8, 4) is 11.4 Å². The van der Waals surface area contributed by atoms with E-state index in [4.69, 9.17) is 11.6 Å². The summed E-state index contributed by atoms with van der Waals surface area (Å²) >= 11 is 7.27. The number of nitrogens with zero attached hydrogens (tertiary/aromatic N) is 3. The van der Waals surface area contributed by atoms with Gasteiger partial charge in [-0.25, -0.2) is 18.7 Å². The number of aromatic amines is 1. The Bertz CT molecular complexity index is 1370. The van der Waals surface area contributed by atoms with Gasteiger partial charge in [0.1, 0.15) is 17.3 Å². The molecule has 0 aliphatic heterocycles. The molecule has 4 aromatic heterocycles. The average Bonchev–Trinajstić information content (AvgIpc) is 3.42. The maximum absolute atomic E-state index is 14.9. The normalized spacial score (nSPS) is 18.2. The fourth-order valence-corrected chi connectivity index (χ4v) is 5.16. The maximum Gasteiger partial charge on any atom is 0.252 e. The van der Waals surface area contributed by atoms with Crippen molar-refractivity contribution in [1.29, 1.82) is 0 Å². The molecule has 2 atom stereocenters. The standard InChI is InChI=1S/C23H21ClF2N6OS/c1-11-5-17(26)20(19-16-7-13(25)9-27-22(16)32-31-19)30-21(11)28-14-3-2-4-15(8-14)29-23(33)12-6-18(24)34-10-12/h5-7,9-10,14-15H,2-4,8H2,1H3,(H,28,30)(H,29,33)(H,27,31,32). The number of halogens is 3. The van der Waals surface area contributed by atoms with Crippen LogP contribution in [0.4, 0.5) is 14.6 Å². The van der Waals surface area contributed by atoms with Crippen LogP contribution in [-0.4, -0.2) is 38.2 Å². The minimum absolute atomic E-state index is 0.00301. The number of carbonyl (C=O) groups excluding carboxylic acids is 1. The largest absolute Gasteiger partial charge is 0.367 e. The second-order valence-electron chi connectivity index (χ2n) is 8.43. The molecule has 7 nitrogen and oxygen atoms in total. The van der Waals surface area contributed by atoms with E-state index >= 15 is 0 Å². The predicted octanol–water partition coefficient (Wildman–Crippen LogP) is 5.47. The lowest BCUT2D eigenvalue weighted by atomic mass is 9.90. The van der Waals surface area contributed by atoms with Gasteiger partial charge in [-0.2, -0.15) is 5.10 Å². The predicted molar refractivity (Wildman–Crippen MR) is 128 cm³/mol. The van der Waals surface area contributed by atoms with Gasteiger partial charge in [-0.3, -0.25) is 9.89 Å². The third-order valence-electron chi connectivity index (χ3n) is 5.96. The van der Waals surface area contributed by atoms with Gasteiger partial charge in [0.2, 0.25) is 0 Å². The van der Waals surface area contributed by atoms with Crippen molar-refractivity contribution in [2.24, 2.45) is 0 Å². The van der Waals surface area contributed by atoms with Crippen molar-refractivity contribution >= 4 is 45.7 Å². The third-order valence-corrected chi connectivity index (χ3v) is 7.05. The summed E-state index contributed by atoms with van der Waals surface area (Å²) in [4.78, 5) is 20.9. The number of fused-ring (bicyclic) bond motifs is 1. The van der Waals surface area contributed by atoms with Crippen molar-refractivity contribution in [1.82, 2.24) is 25.5 Å². The Morgan fingerprint density at radius 3 is 2.85 bits per heavy atom. The smallest absolute Gasteiger partial charge is 0.252 e. The molecule has 0 radical (unpaired) electrons. The molecule has 4 aromatic rings. The van der Waals surface area contributed by atoms with Gasteiger partial charge in [0.15, 0.2) is 11.5 Å². The van der Waals surface area contributed by atoms with E-state index in [1.54, 1.807) is 18.4 Å². The zero-order valence-corrected chi connectivity index (χ0v) is 19.7. The second kappa shape index (κ2) is 9.27. The first-order valence-electron chi connectivity index (χ1n) is 10.9. The van der Waals surface area contributed by atoms with Crippen LogP contribution in [0, 0.1) is 18.6 Å². The van der Waals surface area contributed by atoms with Crippen molar-refractivity contribution < 1.29 is 13.6 Å². The maximum atomic E-state index is 14.9. The van der Waals surface area contributed by atoms with Gasteiger partial charge in [0.05, 0.1) is 27.2 Å². The lowest BCUT2D eigenvalue weighted by molar-refractivity contribution is 0.0927. The summed E-state index contributed by atoms with van der Waals surface area (Å²) in [5.74, 6) is -0.689. The molecule has 1 saturated carbocycles. The number of rotatable bonds is 5. The summed E-state index contributed by atoms with van der Waals surface area (Å²) in [6.07, 6.45) is 4.47. The first-order valence-corrected chi connectivity index (χ1v) is 12.1. The highest BCUT2D eigenvalue weighted by Crippen LogP contribution is 2.31. The SMILES string of the molecule is Cc1cc(F)c(-c2[nH]nc3ncc(F)cc23)nc1NC1CCCC(NC(=O)c2csc(Cl)c2)C1. The summed E-state index contributed by atoms with van der Waals surface area (Å²) in [5, 5.41) is 15.4. The lowest BCUT2D eigenvalue weighted by Crippen LogP contribution is -2.41. The first kappa shape index (κ1) is 22.7. The van der Waals surface area contributed by atoms with Crippen LogP contribution in [0.1, 0.15) is 41.6 Å². The molecule has 176 valence electrons. The average molecular weight is 503 g/mol. The molecule has 3 N–H and O–H groups in total. The Morgan fingerprint density at radius 2 is 2.06 bits per heavy atom. The molecule has 1 fully saturated rings. The van der Waals surface area contributed by atoms with Crippen molar-refractivity contribution in [2.45, 2.75) is 44.7 Å². The number of hydrogen-bond acceptors (Lipinski definition) is 6. The molecule has 11 heteroatoms. The van der Waals surface area contributed by atoms with E-state index in [0.717, 1.165) is 25.5 Å². The van der Waals surface area contributed by atoms with Crippen LogP contribution in [-0.2, 0) is 0 Å². The van der Waals surface area contributed by atoms with Crippen LogP contribution < -0.4 is 10.6 Å². The molecule has 2 unspecified atom stereocenters. The highest BCUT2D eigenvalue weighted by molar-refractivity contribution is 7.14. The van der Waals surface area contributed by atoms with E-state index in [-0.39, 0.29) is 35.0 Å². The molecule has 5 rings (SSSR count). The van der Waals surface area contributed by atoms with Gasteiger partial charge in [0.25, 0.3) is 5.91 Å². The van der Waals surface area contributed by atoms with Crippen molar-refractivity contribution in [3.63, 3.8) is 0 Å². The Kier molecular flexibility index (Phi) is 6.18. The second-order valence-corrected chi connectivity index (χ2v) is 9.97. The Labute approximate surface area is 203 Å². The molecule has 1 amide bonds. The number of pyridine rings is 2. The quantitative estimate of drug-likeness (QED) is 0.336. The van der Waals surface area contributed by atoms with Crippen molar-refractivity contribution in [3.05, 3.63) is 56.9 Å². The summed E-state index contributed by atoms with van der Waals surface area (Å²) in [7, 11) is 0. The number of amides is 1. The molecule has 0 aromatic carbocycles. The third kappa shape index (κ3) is 4.60. The van der Waals surface area contributed by atoms with E-state index in [9.17, 15) is 13.6 Å². The van der Waals surface area contributed by atoms with E-state index in [0.29, 0.717) is 33.1 Å². The van der Waals surface area contributed by atoms with E-state index in [2.05, 4.69) is 30.8 Å². The molecule has 0 bridgehead atoms. The zero-order chi connectivity index (χ0) is 23.8. The fraction of sp³-hybridized carbons (Fsp3) is 0.304. The molecular weight excluding hydrogens is 482 g/mol. The molecule has 1 aliphatic carbocycles. The molecule has 0 spiro atoms. The van der Waals surface area contributed by atoms with Crippen LogP contribution in [0.25, 0.3) is 22.4 Å². The number of hydrogen-bond donors (Lipinski definition) is 3. The Hall–Kier alpha value is -3.11. The van der Waals surface area contributed by atoms with Gasteiger partial charge < -0.3 is 10.6 Å². The first-order chi connectivity index (χ1) is 16.4. The van der Waals surface area contributed by atoms with Gasteiger partial charge >= 0.3 is 0 Å². The fourth-order valence-electron chi connectivity index (χ4n) is 4.30. The monoisotopic (exact) mass is 502 g/mol. The van der Waals surface area contributed by atoms with Crippen LogP contribution in [0.3, 0.4) is 0 Å². The number of aromatic nitrogens is 4. The molecule has 4 heterocycles. The topological polar surface area (TPSA) is 95.6 Å². The van der Waals surface area contributed by atoms with Gasteiger partial charge in [-0.1, -0.05) is 11.6 Å². The number of aryl methyl sites for hydroxylation is 1. The minimum atomic E-state index is -0.541. The minimum Gasteiger partial charge on any atom is -0.367 e. The van der Waals surface area contributed by atoms with Gasteiger partial charge in [-0.05, 0) is 56.4 Å². The lowest BCUT2D eigenvalue weighted by Gasteiger charge is -2.31. The number of H-pyrrole nitrogens is 1. The van der Waals surface area contributed by atoms with Gasteiger partial charge in [0, 0.05) is 17.5 Å². The molecular formula is C23H21ClF2N6OS. The number of thiophene rings is 1. The van der Waals surface area contributed by atoms with Crippen molar-refractivity contribution in [2.75, 3.05) is 5.32 Å². The summed E-state index contributed by atoms with van der Waals surface area (Å²) < 4.78 is 29.2. The van der Waals surface area contributed by atoms with E-state index in [1.807, 2.05) is 0 Å². The summed E-state index contributed by atoms with van der Waals surface area (Å²) in [6, 6.07) is 4.36. The number of carbonyl (C=O) groups is 1. The highest BCUT2D eigenvalue weighted by Gasteiger charge is 2.25. The Morgan fingerprint density at radius 1 is 1.24 bits per heavy atom.